The highest BCUT2D eigenvalue weighted by molar-refractivity contribution is 5.70. The molecule has 0 amide bonds. The zero-order valence-corrected chi connectivity index (χ0v) is 18.3. The topological polar surface area (TPSA) is 60.2 Å². The Kier molecular flexibility index (Phi) is 5.56. The van der Waals surface area contributed by atoms with E-state index in [1.165, 1.54) is 36.8 Å². The zero-order valence-electron chi connectivity index (χ0n) is 18.3. The number of nitrogens with one attached hydrogen (secondary N) is 1. The fraction of sp³-hybridized carbons (Fsp3) is 0.560. The van der Waals surface area contributed by atoms with E-state index in [2.05, 4.69) is 56.2 Å². The molecule has 4 nitrogen and oxygen atoms in total. The van der Waals surface area contributed by atoms with Crippen molar-refractivity contribution in [2.45, 2.75) is 71.9 Å². The maximum atomic E-state index is 6.25. The Bertz CT molecular complexity index is 844. The Balaban J connectivity index is 1.45. The van der Waals surface area contributed by atoms with Crippen molar-refractivity contribution in [1.29, 1.82) is 0 Å². The van der Waals surface area contributed by atoms with Crippen LogP contribution in [0.4, 0.5) is 5.82 Å². The first-order valence-electron chi connectivity index (χ1n) is 11.1. The molecule has 2 aromatic rings. The van der Waals surface area contributed by atoms with Gasteiger partial charge in [0.05, 0.1) is 5.69 Å². The third-order valence-electron chi connectivity index (χ3n) is 6.55. The minimum atomic E-state index is 0.370. The summed E-state index contributed by atoms with van der Waals surface area (Å²) in [6.07, 6.45) is 6.69. The van der Waals surface area contributed by atoms with Crippen molar-refractivity contribution in [3.05, 3.63) is 41.5 Å². The number of ether oxygens (including phenoxy) is 1. The first kappa shape index (κ1) is 20.2. The molecule has 1 aromatic heterocycles. The molecule has 4 heteroatoms. The number of aryl methyl sites for hydroxylation is 2. The van der Waals surface area contributed by atoms with Crippen LogP contribution in [0.2, 0.25) is 0 Å². The second-order valence-corrected chi connectivity index (χ2v) is 9.79. The summed E-state index contributed by atoms with van der Waals surface area (Å²) in [6, 6.07) is 11.2. The summed E-state index contributed by atoms with van der Waals surface area (Å²) in [5, 5.41) is 3.86. The average Bonchev–Trinajstić information content (AvgIpc) is 3.39. The molecule has 0 aliphatic heterocycles. The summed E-state index contributed by atoms with van der Waals surface area (Å²) in [6.45, 7) is 9.45. The van der Waals surface area contributed by atoms with Gasteiger partial charge >= 0.3 is 0 Å². The van der Waals surface area contributed by atoms with Crippen molar-refractivity contribution in [2.24, 2.45) is 11.3 Å². The summed E-state index contributed by atoms with van der Waals surface area (Å²) < 4.78 is 6.25. The summed E-state index contributed by atoms with van der Waals surface area (Å²) >= 11 is 0. The van der Waals surface area contributed by atoms with Crippen LogP contribution in [0.15, 0.2) is 30.3 Å². The second-order valence-electron chi connectivity index (χ2n) is 9.79. The Morgan fingerprint density at radius 2 is 1.86 bits per heavy atom. The van der Waals surface area contributed by atoms with E-state index in [9.17, 15) is 0 Å². The van der Waals surface area contributed by atoms with Crippen LogP contribution >= 0.6 is 0 Å². The lowest BCUT2D eigenvalue weighted by Gasteiger charge is -2.39. The van der Waals surface area contributed by atoms with Crippen LogP contribution in [-0.4, -0.2) is 23.7 Å². The fourth-order valence-electron chi connectivity index (χ4n) is 4.93. The molecule has 2 fully saturated rings. The maximum absolute atomic E-state index is 6.25. The molecule has 0 radical (unpaired) electrons. The summed E-state index contributed by atoms with van der Waals surface area (Å²) in [5.41, 5.74) is 11.3. The highest BCUT2D eigenvalue weighted by Crippen LogP contribution is 2.60. The van der Waals surface area contributed by atoms with Crippen molar-refractivity contribution < 1.29 is 4.74 Å². The number of hydrogen-bond donors (Lipinski definition) is 2. The van der Waals surface area contributed by atoms with Crippen LogP contribution < -0.4 is 15.8 Å². The minimum Gasteiger partial charge on any atom is -0.492 e. The number of nitrogen functional groups attached to an aromatic ring is 1. The molecule has 4 rings (SSSR count). The first-order chi connectivity index (χ1) is 13.8. The summed E-state index contributed by atoms with van der Waals surface area (Å²) in [5.74, 6) is 1.94. The van der Waals surface area contributed by atoms with Crippen LogP contribution in [0.1, 0.15) is 57.1 Å². The van der Waals surface area contributed by atoms with Gasteiger partial charge in [-0.1, -0.05) is 32.0 Å². The van der Waals surface area contributed by atoms with E-state index in [-0.39, 0.29) is 0 Å². The number of benzene rings is 1. The molecule has 1 heterocycles. The Labute approximate surface area is 175 Å². The molecule has 2 aliphatic carbocycles. The number of hydrogen-bond acceptors (Lipinski definition) is 4. The fourth-order valence-corrected chi connectivity index (χ4v) is 4.93. The number of nitrogens with two attached hydrogens (primary N) is 1. The monoisotopic (exact) mass is 393 g/mol. The predicted molar refractivity (Wildman–Crippen MR) is 120 cm³/mol. The van der Waals surface area contributed by atoms with Gasteiger partial charge in [-0.3, -0.25) is 0 Å². The van der Waals surface area contributed by atoms with Crippen LogP contribution in [0.5, 0.6) is 5.75 Å². The highest BCUT2D eigenvalue weighted by atomic mass is 16.5. The molecule has 1 spiro atoms. The van der Waals surface area contributed by atoms with Crippen molar-refractivity contribution in [2.75, 3.05) is 12.3 Å². The van der Waals surface area contributed by atoms with E-state index in [0.717, 1.165) is 28.8 Å². The van der Waals surface area contributed by atoms with Crippen LogP contribution in [0.25, 0.3) is 11.3 Å². The second kappa shape index (κ2) is 7.98. The average molecular weight is 394 g/mol. The molecular formula is C25H35N3O. The third-order valence-corrected chi connectivity index (χ3v) is 6.55. The van der Waals surface area contributed by atoms with Crippen molar-refractivity contribution >= 4 is 5.82 Å². The van der Waals surface area contributed by atoms with Gasteiger partial charge in [-0.15, -0.1) is 0 Å². The standard InChI is InChI=1S/C25H35N3O/c1-16(2)10-19(27-20-13-25(14-20)8-9-25)15-29-21-11-22(28-23(26)12-21)24-17(3)6-5-7-18(24)4/h5-7,11-12,16,19-20,27H,8-10,13-15H2,1-4H3,(H2,26,28). The lowest BCUT2D eigenvalue weighted by molar-refractivity contribution is 0.152. The molecule has 2 saturated carbocycles. The van der Waals surface area contributed by atoms with Crippen LogP contribution in [-0.2, 0) is 0 Å². The zero-order chi connectivity index (χ0) is 20.6. The Morgan fingerprint density at radius 3 is 2.48 bits per heavy atom. The molecule has 29 heavy (non-hydrogen) atoms. The summed E-state index contributed by atoms with van der Waals surface area (Å²) in [4.78, 5) is 4.58. The number of anilines is 1. The molecular weight excluding hydrogens is 358 g/mol. The lowest BCUT2D eigenvalue weighted by atomic mass is 9.76. The van der Waals surface area contributed by atoms with Gasteiger partial charge in [-0.2, -0.15) is 0 Å². The van der Waals surface area contributed by atoms with E-state index in [1.54, 1.807) is 0 Å². The van der Waals surface area contributed by atoms with Gasteiger partial charge < -0.3 is 15.8 Å². The van der Waals surface area contributed by atoms with Gasteiger partial charge in [-0.05, 0) is 68.4 Å². The molecule has 1 unspecified atom stereocenters. The van der Waals surface area contributed by atoms with E-state index >= 15 is 0 Å². The molecule has 3 N–H and O–H groups in total. The highest BCUT2D eigenvalue weighted by Gasteiger charge is 2.52. The maximum Gasteiger partial charge on any atom is 0.127 e. The minimum absolute atomic E-state index is 0.370. The normalized spacial score (nSPS) is 18.7. The number of aromatic nitrogens is 1. The van der Waals surface area contributed by atoms with E-state index in [4.69, 9.17) is 10.5 Å². The molecule has 156 valence electrons. The van der Waals surface area contributed by atoms with E-state index < -0.39 is 0 Å². The van der Waals surface area contributed by atoms with E-state index in [1.807, 2.05) is 12.1 Å². The molecule has 0 saturated heterocycles. The SMILES string of the molecule is Cc1cccc(C)c1-c1cc(OCC(CC(C)C)NC2CC3(CC3)C2)cc(N)n1. The van der Waals surface area contributed by atoms with Gasteiger partial charge in [0.25, 0.3) is 0 Å². The van der Waals surface area contributed by atoms with Gasteiger partial charge in [0.2, 0.25) is 0 Å². The molecule has 1 atom stereocenters. The summed E-state index contributed by atoms with van der Waals surface area (Å²) in [7, 11) is 0. The van der Waals surface area contributed by atoms with E-state index in [0.29, 0.717) is 30.4 Å². The number of rotatable bonds is 8. The lowest BCUT2D eigenvalue weighted by Crippen LogP contribution is -2.49. The Hall–Kier alpha value is -2.07. The van der Waals surface area contributed by atoms with Gasteiger partial charge in [0.15, 0.2) is 0 Å². The molecule has 2 aliphatic rings. The van der Waals surface area contributed by atoms with Gasteiger partial charge in [0.1, 0.15) is 18.2 Å². The predicted octanol–water partition coefficient (Wildman–Crippen LogP) is 5.27. The van der Waals surface area contributed by atoms with Crippen molar-refractivity contribution in [3.8, 4) is 17.0 Å². The molecule has 0 bridgehead atoms. The van der Waals surface area contributed by atoms with Crippen molar-refractivity contribution in [1.82, 2.24) is 10.3 Å². The van der Waals surface area contributed by atoms with Crippen LogP contribution in [0.3, 0.4) is 0 Å². The Morgan fingerprint density at radius 1 is 1.17 bits per heavy atom. The molecule has 1 aromatic carbocycles. The quantitative estimate of drug-likeness (QED) is 0.641. The largest absolute Gasteiger partial charge is 0.492 e. The number of nitrogens with zero attached hydrogens (tertiary/aromatic N) is 1. The van der Waals surface area contributed by atoms with Gasteiger partial charge in [0, 0.05) is 29.8 Å². The van der Waals surface area contributed by atoms with Crippen LogP contribution in [0, 0.1) is 25.2 Å². The number of pyridine rings is 1. The van der Waals surface area contributed by atoms with Gasteiger partial charge in [-0.25, -0.2) is 4.98 Å². The third kappa shape index (κ3) is 4.75. The van der Waals surface area contributed by atoms with Crippen molar-refractivity contribution in [3.63, 3.8) is 0 Å². The first-order valence-corrected chi connectivity index (χ1v) is 11.1. The smallest absolute Gasteiger partial charge is 0.127 e.